The van der Waals surface area contributed by atoms with E-state index >= 15 is 0 Å². The molecule has 0 saturated carbocycles. The molecule has 0 bridgehead atoms. The maximum Gasteiger partial charge on any atom is 0.373 e. The van der Waals surface area contributed by atoms with Gasteiger partial charge in [0.1, 0.15) is 17.5 Å². The molecule has 0 fully saturated rings. The van der Waals surface area contributed by atoms with Crippen LogP contribution in [0.1, 0.15) is 38.8 Å². The van der Waals surface area contributed by atoms with E-state index in [1.165, 1.54) is 0 Å². The molecule has 0 aliphatic heterocycles. The highest BCUT2D eigenvalue weighted by atomic mass is 16.5. The lowest BCUT2D eigenvalue weighted by Gasteiger charge is -2.35. The third kappa shape index (κ3) is 8.13. The Morgan fingerprint density at radius 2 is 1.29 bits per heavy atom. The van der Waals surface area contributed by atoms with Crippen LogP contribution in [0.2, 0.25) is 0 Å². The minimum atomic E-state index is -0.459. The molecule has 0 aromatic heterocycles. The molecule has 0 radical (unpaired) electrons. The molecular formula is C29H33NO5. The molecule has 0 spiro atoms. The second kappa shape index (κ2) is 13.1. The van der Waals surface area contributed by atoms with E-state index in [0.717, 1.165) is 34.0 Å². The summed E-state index contributed by atoms with van der Waals surface area (Å²) in [6.07, 6.45) is 0.0755. The Labute approximate surface area is 207 Å². The highest BCUT2D eigenvalue weighted by molar-refractivity contribution is 5.85. The first-order valence-corrected chi connectivity index (χ1v) is 11.6. The zero-order chi connectivity index (χ0) is 26.0. The first-order valence-electron chi connectivity index (χ1n) is 11.6. The van der Waals surface area contributed by atoms with Crippen molar-refractivity contribution in [1.29, 1.82) is 0 Å². The van der Waals surface area contributed by atoms with Gasteiger partial charge in [0.05, 0.1) is 6.10 Å². The Balaban J connectivity index is 0.00000137. The van der Waals surface area contributed by atoms with Gasteiger partial charge in [-0.3, -0.25) is 0 Å². The van der Waals surface area contributed by atoms with Crippen molar-refractivity contribution in [3.63, 3.8) is 0 Å². The lowest BCUT2D eigenvalue weighted by Crippen LogP contribution is -2.44. The molecule has 35 heavy (non-hydrogen) atoms. The lowest BCUT2D eigenvalue weighted by atomic mass is 9.99. The van der Waals surface area contributed by atoms with Crippen LogP contribution in [0.25, 0.3) is 0 Å². The van der Waals surface area contributed by atoms with Gasteiger partial charge < -0.3 is 14.4 Å². The SMILES string of the molecule is Cc1cc(C)cc(N(c2ccc(Oc3ccccc3)cc2)C(C(=O)OC(C)C)C(C)C)c1.O=C=O. The fraction of sp³-hybridized carbons (Fsp3) is 0.310. The molecule has 3 rings (SSSR count). The molecular weight excluding hydrogens is 442 g/mol. The van der Waals surface area contributed by atoms with Crippen molar-refractivity contribution in [1.82, 2.24) is 0 Å². The van der Waals surface area contributed by atoms with E-state index in [1.807, 2.05) is 68.4 Å². The first-order chi connectivity index (χ1) is 16.7. The van der Waals surface area contributed by atoms with Crippen LogP contribution in [-0.2, 0) is 19.1 Å². The van der Waals surface area contributed by atoms with Crippen LogP contribution in [0.5, 0.6) is 11.5 Å². The molecule has 6 nitrogen and oxygen atoms in total. The molecule has 0 N–H and O–H groups in total. The van der Waals surface area contributed by atoms with E-state index in [-0.39, 0.29) is 24.1 Å². The summed E-state index contributed by atoms with van der Waals surface area (Å²) in [6.45, 7) is 12.0. The third-order valence-electron chi connectivity index (χ3n) is 5.08. The van der Waals surface area contributed by atoms with Crippen LogP contribution in [0.15, 0.2) is 72.8 Å². The Morgan fingerprint density at radius 1 is 0.771 bits per heavy atom. The predicted molar refractivity (Wildman–Crippen MR) is 136 cm³/mol. The normalized spacial score (nSPS) is 11.2. The summed E-state index contributed by atoms with van der Waals surface area (Å²) in [6, 6.07) is 23.4. The molecule has 6 heteroatoms. The van der Waals surface area contributed by atoms with Crippen molar-refractivity contribution in [2.24, 2.45) is 5.92 Å². The molecule has 0 heterocycles. The highest BCUT2D eigenvalue weighted by Gasteiger charge is 2.32. The van der Waals surface area contributed by atoms with Gasteiger partial charge in [0.25, 0.3) is 0 Å². The number of carbonyl (C=O) groups is 1. The van der Waals surface area contributed by atoms with E-state index in [1.54, 1.807) is 0 Å². The summed E-state index contributed by atoms with van der Waals surface area (Å²) in [4.78, 5) is 31.5. The second-order valence-electron chi connectivity index (χ2n) is 8.88. The number of ether oxygens (including phenoxy) is 2. The van der Waals surface area contributed by atoms with Gasteiger partial charge in [-0.05, 0) is 93.3 Å². The van der Waals surface area contributed by atoms with Gasteiger partial charge in [-0.1, -0.05) is 38.1 Å². The number of hydrogen-bond donors (Lipinski definition) is 0. The largest absolute Gasteiger partial charge is 0.461 e. The zero-order valence-electron chi connectivity index (χ0n) is 21.1. The maximum atomic E-state index is 13.2. The number of anilines is 2. The number of carbonyl (C=O) groups excluding carboxylic acids is 3. The molecule has 1 atom stereocenters. The van der Waals surface area contributed by atoms with E-state index in [0.29, 0.717) is 0 Å². The predicted octanol–water partition coefficient (Wildman–Crippen LogP) is 6.63. The number of para-hydroxylation sites is 1. The van der Waals surface area contributed by atoms with Crippen LogP contribution >= 0.6 is 0 Å². The van der Waals surface area contributed by atoms with Gasteiger partial charge in [0.15, 0.2) is 0 Å². The fourth-order valence-electron chi connectivity index (χ4n) is 3.84. The Bertz CT molecular complexity index is 1100. The average Bonchev–Trinajstić information content (AvgIpc) is 2.78. The van der Waals surface area contributed by atoms with Crippen molar-refractivity contribution < 1.29 is 23.9 Å². The number of benzene rings is 3. The van der Waals surface area contributed by atoms with E-state index < -0.39 is 6.04 Å². The Kier molecular flexibility index (Phi) is 10.2. The van der Waals surface area contributed by atoms with Gasteiger partial charge in [-0.2, -0.15) is 9.59 Å². The van der Waals surface area contributed by atoms with Crippen LogP contribution in [-0.4, -0.2) is 24.3 Å². The second-order valence-corrected chi connectivity index (χ2v) is 8.88. The molecule has 3 aromatic rings. The van der Waals surface area contributed by atoms with Gasteiger partial charge in [-0.15, -0.1) is 0 Å². The van der Waals surface area contributed by atoms with Gasteiger partial charge in [0, 0.05) is 11.4 Å². The van der Waals surface area contributed by atoms with Crippen LogP contribution in [0.4, 0.5) is 11.4 Å². The average molecular weight is 476 g/mol. The topological polar surface area (TPSA) is 72.9 Å². The quantitative estimate of drug-likeness (QED) is 0.341. The Morgan fingerprint density at radius 3 is 1.77 bits per heavy atom. The third-order valence-corrected chi connectivity index (χ3v) is 5.08. The van der Waals surface area contributed by atoms with Crippen LogP contribution < -0.4 is 9.64 Å². The van der Waals surface area contributed by atoms with Gasteiger partial charge in [0.2, 0.25) is 0 Å². The summed E-state index contributed by atoms with van der Waals surface area (Å²) >= 11 is 0. The summed E-state index contributed by atoms with van der Waals surface area (Å²) in [5, 5.41) is 0. The monoisotopic (exact) mass is 475 g/mol. The fourth-order valence-corrected chi connectivity index (χ4v) is 3.84. The number of esters is 1. The standard InChI is InChI=1S/C28H33NO3.CO2/c1-19(2)27(28(30)31-20(3)4)29(24-17-21(5)16-22(6)18-24)23-12-14-26(15-13-23)32-25-10-8-7-9-11-25;2-1-3/h7-20,27H,1-6H3;. The maximum absolute atomic E-state index is 13.2. The molecule has 0 aliphatic rings. The smallest absolute Gasteiger partial charge is 0.373 e. The minimum Gasteiger partial charge on any atom is -0.461 e. The molecule has 0 amide bonds. The molecule has 0 aliphatic carbocycles. The zero-order valence-corrected chi connectivity index (χ0v) is 21.1. The molecule has 0 saturated heterocycles. The summed E-state index contributed by atoms with van der Waals surface area (Å²) in [5.74, 6) is 1.35. The highest BCUT2D eigenvalue weighted by Crippen LogP contribution is 2.34. The minimum absolute atomic E-state index is 0.0438. The van der Waals surface area contributed by atoms with Gasteiger partial charge >= 0.3 is 12.1 Å². The van der Waals surface area contributed by atoms with Crippen molar-refractivity contribution in [3.05, 3.63) is 83.9 Å². The first kappa shape index (κ1) is 27.4. The number of rotatable bonds is 8. The number of nitrogens with zero attached hydrogens (tertiary/aromatic N) is 1. The molecule has 184 valence electrons. The van der Waals surface area contributed by atoms with Crippen molar-refractivity contribution in [3.8, 4) is 11.5 Å². The van der Waals surface area contributed by atoms with Crippen molar-refractivity contribution in [2.45, 2.75) is 53.7 Å². The Hall–Kier alpha value is -3.89. The van der Waals surface area contributed by atoms with Gasteiger partial charge in [-0.25, -0.2) is 4.79 Å². The molecule has 3 aromatic carbocycles. The molecule has 1 unspecified atom stereocenters. The van der Waals surface area contributed by atoms with E-state index in [2.05, 4.69) is 50.8 Å². The van der Waals surface area contributed by atoms with Crippen LogP contribution in [0.3, 0.4) is 0 Å². The number of hydrogen-bond acceptors (Lipinski definition) is 6. The van der Waals surface area contributed by atoms with Crippen molar-refractivity contribution in [2.75, 3.05) is 4.90 Å². The summed E-state index contributed by atoms with van der Waals surface area (Å²) < 4.78 is 11.6. The summed E-state index contributed by atoms with van der Waals surface area (Å²) in [5.41, 5.74) is 4.18. The van der Waals surface area contributed by atoms with E-state index in [9.17, 15) is 4.79 Å². The van der Waals surface area contributed by atoms with Crippen LogP contribution in [0, 0.1) is 19.8 Å². The number of aryl methyl sites for hydroxylation is 2. The van der Waals surface area contributed by atoms with Crippen molar-refractivity contribution >= 4 is 23.5 Å². The lowest BCUT2D eigenvalue weighted by molar-refractivity contribution is -0.191. The summed E-state index contributed by atoms with van der Waals surface area (Å²) in [7, 11) is 0. The van der Waals surface area contributed by atoms with E-state index in [4.69, 9.17) is 19.1 Å².